The Balaban J connectivity index is 1.07. The van der Waals surface area contributed by atoms with Crippen LogP contribution in [0.5, 0.6) is 0 Å². The number of aromatic nitrogens is 1. The van der Waals surface area contributed by atoms with Crippen molar-refractivity contribution >= 4 is 43.2 Å². The van der Waals surface area contributed by atoms with E-state index in [4.69, 9.17) is 4.98 Å². The maximum absolute atomic E-state index is 4.89. The minimum Gasteiger partial charge on any atom is -0.256 e. The second-order valence-corrected chi connectivity index (χ2v) is 12.4. The van der Waals surface area contributed by atoms with Crippen molar-refractivity contribution in [1.82, 2.24) is 4.98 Å². The normalized spacial score (nSPS) is 11.9. The van der Waals surface area contributed by atoms with Crippen molar-refractivity contribution < 1.29 is 0 Å². The molecule has 0 spiro atoms. The Labute approximate surface area is 267 Å². The van der Waals surface area contributed by atoms with E-state index in [0.29, 0.717) is 0 Å². The molecule has 9 aromatic rings. The van der Waals surface area contributed by atoms with E-state index in [2.05, 4.69) is 158 Å². The molecule has 0 saturated heterocycles. The Bertz CT molecular complexity index is 2650. The van der Waals surface area contributed by atoms with Crippen molar-refractivity contribution in [2.45, 2.75) is 0 Å². The summed E-state index contributed by atoms with van der Waals surface area (Å²) in [7, 11) is 0. The lowest BCUT2D eigenvalue weighted by molar-refractivity contribution is 1.41. The first-order chi connectivity index (χ1) is 22.8. The average molecular weight is 582 g/mol. The number of rotatable bonds is 3. The highest BCUT2D eigenvalue weighted by molar-refractivity contribution is 6.20. The lowest BCUT2D eigenvalue weighted by Crippen LogP contribution is -1.87. The molecule has 1 nitrogen and oxygen atoms in total. The Morgan fingerprint density at radius 1 is 0.304 bits per heavy atom. The van der Waals surface area contributed by atoms with Crippen LogP contribution in [0, 0.1) is 0 Å². The van der Waals surface area contributed by atoms with E-state index in [1.165, 1.54) is 82.4 Å². The summed E-state index contributed by atoms with van der Waals surface area (Å²) in [6, 6.07) is 57.8. The molecule has 0 unspecified atom stereocenters. The van der Waals surface area contributed by atoms with Gasteiger partial charge in [0.15, 0.2) is 0 Å². The van der Waals surface area contributed by atoms with Gasteiger partial charge >= 0.3 is 0 Å². The predicted molar refractivity (Wildman–Crippen MR) is 195 cm³/mol. The van der Waals surface area contributed by atoms with Crippen LogP contribution >= 0.6 is 0 Å². The molecule has 8 aromatic carbocycles. The first kappa shape index (κ1) is 25.3. The van der Waals surface area contributed by atoms with Crippen LogP contribution < -0.4 is 0 Å². The van der Waals surface area contributed by atoms with E-state index in [0.717, 1.165) is 16.5 Å². The number of nitrogens with zero attached hydrogens (tertiary/aromatic N) is 1. The fourth-order valence-corrected chi connectivity index (χ4v) is 7.50. The van der Waals surface area contributed by atoms with Gasteiger partial charge in [-0.2, -0.15) is 0 Å². The van der Waals surface area contributed by atoms with Gasteiger partial charge < -0.3 is 0 Å². The third-order valence-corrected chi connectivity index (χ3v) is 9.78. The predicted octanol–water partition coefficient (Wildman–Crippen LogP) is 12.3. The Hall–Kier alpha value is -6.05. The summed E-state index contributed by atoms with van der Waals surface area (Å²) in [6.45, 7) is 0. The molecule has 1 aliphatic carbocycles. The summed E-state index contributed by atoms with van der Waals surface area (Å²) in [6.07, 6.45) is 2.00. The number of pyridine rings is 1. The third kappa shape index (κ3) is 3.85. The molecule has 1 aromatic heterocycles. The van der Waals surface area contributed by atoms with Gasteiger partial charge in [-0.25, -0.2) is 0 Å². The maximum Gasteiger partial charge on any atom is 0.0702 e. The van der Waals surface area contributed by atoms with E-state index in [9.17, 15) is 0 Å². The summed E-state index contributed by atoms with van der Waals surface area (Å²) in [4.78, 5) is 4.89. The van der Waals surface area contributed by atoms with Gasteiger partial charge in [0, 0.05) is 17.1 Å². The molecule has 0 aliphatic heterocycles. The van der Waals surface area contributed by atoms with Crippen LogP contribution in [0.4, 0.5) is 0 Å². The Kier molecular flexibility index (Phi) is 5.35. The summed E-state index contributed by atoms with van der Waals surface area (Å²) < 4.78 is 0. The fraction of sp³-hybridized carbons (Fsp3) is 0. The second kappa shape index (κ2) is 9.72. The van der Waals surface area contributed by atoms with Crippen LogP contribution in [-0.2, 0) is 0 Å². The van der Waals surface area contributed by atoms with Gasteiger partial charge in [0.25, 0.3) is 0 Å². The maximum atomic E-state index is 4.89. The van der Waals surface area contributed by atoms with Crippen molar-refractivity contribution in [3.8, 4) is 55.6 Å². The van der Waals surface area contributed by atoms with E-state index in [-0.39, 0.29) is 0 Å². The van der Waals surface area contributed by atoms with Gasteiger partial charge in [-0.15, -0.1) is 0 Å². The van der Waals surface area contributed by atoms with Crippen LogP contribution in [0.25, 0.3) is 98.9 Å². The molecular formula is C45H27N. The van der Waals surface area contributed by atoms with Gasteiger partial charge in [-0.1, -0.05) is 115 Å². The largest absolute Gasteiger partial charge is 0.256 e. The topological polar surface area (TPSA) is 12.9 Å². The van der Waals surface area contributed by atoms with Gasteiger partial charge in [0.1, 0.15) is 0 Å². The molecule has 0 atom stereocenters. The van der Waals surface area contributed by atoms with Crippen molar-refractivity contribution in [2.24, 2.45) is 0 Å². The zero-order valence-electron chi connectivity index (χ0n) is 25.0. The minimum atomic E-state index is 1.00. The highest BCUT2D eigenvalue weighted by Crippen LogP contribution is 2.50. The molecule has 0 N–H and O–H groups in total. The van der Waals surface area contributed by atoms with Crippen molar-refractivity contribution in [1.29, 1.82) is 0 Å². The lowest BCUT2D eigenvalue weighted by atomic mass is 9.93. The highest BCUT2D eigenvalue weighted by atomic mass is 14.6. The number of hydrogen-bond acceptors (Lipinski definition) is 1. The lowest BCUT2D eigenvalue weighted by Gasteiger charge is -2.11. The molecule has 0 bridgehead atoms. The van der Waals surface area contributed by atoms with Crippen molar-refractivity contribution in [3.63, 3.8) is 0 Å². The number of benzene rings is 8. The smallest absolute Gasteiger partial charge is 0.0702 e. The fourth-order valence-electron chi connectivity index (χ4n) is 7.50. The van der Waals surface area contributed by atoms with E-state index < -0.39 is 0 Å². The van der Waals surface area contributed by atoms with E-state index in [1.807, 2.05) is 6.20 Å². The second-order valence-electron chi connectivity index (χ2n) is 12.4. The van der Waals surface area contributed by atoms with Crippen LogP contribution in [0.3, 0.4) is 0 Å². The first-order valence-corrected chi connectivity index (χ1v) is 15.9. The summed E-state index contributed by atoms with van der Waals surface area (Å²) in [5.74, 6) is 0. The SMILES string of the molecule is c1cc(-c2ccc3ccccc3c2)cc(-c2cnc3ccc(-c4ccc5c6c(cccc46)-c4cc6ccccc6cc4-5)cc3c2)c1. The zero-order chi connectivity index (χ0) is 30.2. The zero-order valence-corrected chi connectivity index (χ0v) is 25.0. The Morgan fingerprint density at radius 3 is 1.70 bits per heavy atom. The first-order valence-electron chi connectivity index (χ1n) is 15.9. The standard InChI is InChI=1S/C45H27N/c1-2-8-29-21-34(16-15-28(29)7-1)30-11-5-12-31(22-30)37-24-36-23-35(17-20-44(36)46-27-37)38-18-19-41-43-26-33-10-4-3-9-32(33)25-42(43)40-14-6-13-39(38)45(40)41/h1-27H. The molecule has 1 heteroatoms. The number of fused-ring (bicyclic) bond motifs is 6. The van der Waals surface area contributed by atoms with Crippen LogP contribution in [0.15, 0.2) is 164 Å². The summed E-state index contributed by atoms with van der Waals surface area (Å²) in [5.41, 5.74) is 13.5. The summed E-state index contributed by atoms with van der Waals surface area (Å²) >= 11 is 0. The summed E-state index contributed by atoms with van der Waals surface area (Å²) in [5, 5.41) is 8.87. The van der Waals surface area contributed by atoms with E-state index >= 15 is 0 Å². The van der Waals surface area contributed by atoms with E-state index in [1.54, 1.807) is 0 Å². The van der Waals surface area contributed by atoms with Gasteiger partial charge in [0.05, 0.1) is 5.52 Å². The van der Waals surface area contributed by atoms with Crippen LogP contribution in [0.2, 0.25) is 0 Å². The molecule has 10 rings (SSSR count). The van der Waals surface area contributed by atoms with Crippen LogP contribution in [-0.4, -0.2) is 4.98 Å². The molecule has 1 aliphatic rings. The average Bonchev–Trinajstić information content (AvgIpc) is 3.43. The molecule has 0 fully saturated rings. The molecule has 1 heterocycles. The monoisotopic (exact) mass is 581 g/mol. The van der Waals surface area contributed by atoms with Crippen LogP contribution in [0.1, 0.15) is 0 Å². The molecule has 212 valence electrons. The Morgan fingerprint density at radius 2 is 0.891 bits per heavy atom. The molecule has 0 radical (unpaired) electrons. The molecule has 0 amide bonds. The van der Waals surface area contributed by atoms with Crippen molar-refractivity contribution in [2.75, 3.05) is 0 Å². The quantitative estimate of drug-likeness (QED) is 0.202. The molecule has 0 saturated carbocycles. The number of hydrogen-bond donors (Lipinski definition) is 0. The highest BCUT2D eigenvalue weighted by Gasteiger charge is 2.23. The van der Waals surface area contributed by atoms with Gasteiger partial charge in [-0.3, -0.25) is 4.98 Å². The molecular weight excluding hydrogens is 555 g/mol. The van der Waals surface area contributed by atoms with Gasteiger partial charge in [-0.05, 0) is 125 Å². The molecule has 46 heavy (non-hydrogen) atoms. The third-order valence-electron chi connectivity index (χ3n) is 9.78. The minimum absolute atomic E-state index is 1.00. The van der Waals surface area contributed by atoms with Crippen molar-refractivity contribution in [3.05, 3.63) is 164 Å². The van der Waals surface area contributed by atoms with Gasteiger partial charge in [0.2, 0.25) is 0 Å².